The quantitative estimate of drug-likeness (QED) is 0.515. The Balaban J connectivity index is 1.68. The molecule has 2 amide bonds. The molecule has 0 heterocycles. The van der Waals surface area contributed by atoms with Crippen molar-refractivity contribution >= 4 is 35.1 Å². The van der Waals surface area contributed by atoms with Crippen LogP contribution in [0.15, 0.2) is 48.5 Å². The topological polar surface area (TPSA) is 111 Å². The molecule has 0 aliphatic rings. The minimum atomic E-state index is -0.648. The second kappa shape index (κ2) is 12.9. The zero-order valence-corrected chi connectivity index (χ0v) is 18.3. The van der Waals surface area contributed by atoms with Crippen LogP contribution in [-0.2, 0) is 30.3 Å². The van der Waals surface area contributed by atoms with E-state index in [1.54, 1.807) is 36.4 Å². The fourth-order valence-corrected chi connectivity index (χ4v) is 2.65. The lowest BCUT2D eigenvalue weighted by molar-refractivity contribution is -0.147. The average Bonchev–Trinajstić information content (AvgIpc) is 2.80. The molecule has 0 spiro atoms. The molecule has 0 radical (unpaired) electrons. The van der Waals surface area contributed by atoms with Crippen molar-refractivity contribution in [2.75, 3.05) is 23.8 Å². The third-order valence-corrected chi connectivity index (χ3v) is 4.41. The van der Waals surface area contributed by atoms with E-state index in [0.717, 1.165) is 18.4 Å². The summed E-state index contributed by atoms with van der Waals surface area (Å²) in [6.07, 6.45) is 1.38. The van der Waals surface area contributed by atoms with Crippen LogP contribution in [0.25, 0.3) is 0 Å². The number of hydrogen-bond acceptors (Lipinski definition) is 6. The first-order valence-electron chi connectivity index (χ1n) is 10.5. The van der Waals surface area contributed by atoms with Crippen LogP contribution in [0.4, 0.5) is 11.4 Å². The summed E-state index contributed by atoms with van der Waals surface area (Å²) in [7, 11) is 0. The van der Waals surface area contributed by atoms with E-state index in [4.69, 9.17) is 9.47 Å². The predicted molar refractivity (Wildman–Crippen MR) is 120 cm³/mol. The predicted octanol–water partition coefficient (Wildman–Crippen LogP) is 3.72. The summed E-state index contributed by atoms with van der Waals surface area (Å²) in [5.74, 6) is -1.91. The van der Waals surface area contributed by atoms with Crippen molar-refractivity contribution in [2.24, 2.45) is 0 Å². The lowest BCUT2D eigenvalue weighted by Gasteiger charge is -2.08. The first-order chi connectivity index (χ1) is 15.4. The summed E-state index contributed by atoms with van der Waals surface area (Å²) in [6, 6.07) is 13.6. The molecule has 0 bridgehead atoms. The Labute approximate surface area is 187 Å². The van der Waals surface area contributed by atoms with Gasteiger partial charge in [0.25, 0.3) is 5.91 Å². The van der Waals surface area contributed by atoms with Gasteiger partial charge in [0.2, 0.25) is 5.91 Å². The summed E-state index contributed by atoms with van der Waals surface area (Å²) in [4.78, 5) is 47.5. The molecule has 2 rings (SSSR count). The lowest BCUT2D eigenvalue weighted by Crippen LogP contribution is -2.21. The molecule has 0 fully saturated rings. The summed E-state index contributed by atoms with van der Waals surface area (Å²) < 4.78 is 9.95. The van der Waals surface area contributed by atoms with Gasteiger partial charge in [0, 0.05) is 17.8 Å². The van der Waals surface area contributed by atoms with Crippen molar-refractivity contribution in [3.8, 4) is 0 Å². The summed E-state index contributed by atoms with van der Waals surface area (Å²) in [5, 5.41) is 5.28. The lowest BCUT2D eigenvalue weighted by atomic mass is 10.1. The summed E-state index contributed by atoms with van der Waals surface area (Å²) in [6.45, 7) is 3.87. The third kappa shape index (κ3) is 8.59. The van der Waals surface area contributed by atoms with Gasteiger partial charge in [0.15, 0.2) is 6.61 Å². The molecule has 0 atom stereocenters. The van der Waals surface area contributed by atoms with Crippen LogP contribution in [-0.4, -0.2) is 37.0 Å². The Bertz CT molecular complexity index is 923. The number of hydrogen-bond donors (Lipinski definition) is 2. The second-order valence-electron chi connectivity index (χ2n) is 7.02. The maximum Gasteiger partial charge on any atom is 0.338 e. The summed E-state index contributed by atoms with van der Waals surface area (Å²) >= 11 is 0. The number of nitrogens with one attached hydrogen (secondary N) is 2. The van der Waals surface area contributed by atoms with E-state index in [1.165, 1.54) is 0 Å². The van der Waals surface area contributed by atoms with Gasteiger partial charge in [-0.05, 0) is 54.8 Å². The number of carbonyl (C=O) groups excluding carboxylic acids is 4. The van der Waals surface area contributed by atoms with Gasteiger partial charge in [0.05, 0.1) is 18.6 Å². The first-order valence-corrected chi connectivity index (χ1v) is 10.5. The number of esters is 2. The molecule has 2 aromatic rings. The van der Waals surface area contributed by atoms with E-state index in [2.05, 4.69) is 10.6 Å². The molecule has 2 N–H and O–H groups in total. The molecule has 0 aliphatic carbocycles. The number of anilines is 2. The standard InChI is InChI=1S/C24H28N2O6/c1-3-15-31-24(30)18-7-11-20(12-8-18)25-21(27)13-14-23(29)32-16-22(28)26-19-9-5-17(4-2)6-10-19/h5-12H,3-4,13-16H2,1-2H3,(H,25,27)(H,26,28). The van der Waals surface area contributed by atoms with E-state index >= 15 is 0 Å². The third-order valence-electron chi connectivity index (χ3n) is 4.41. The van der Waals surface area contributed by atoms with E-state index in [1.807, 2.05) is 26.0 Å². The van der Waals surface area contributed by atoms with Crippen molar-refractivity contribution < 1.29 is 28.7 Å². The Kier molecular flexibility index (Phi) is 9.90. The first kappa shape index (κ1) is 24.6. The highest BCUT2D eigenvalue weighted by Gasteiger charge is 2.12. The van der Waals surface area contributed by atoms with Gasteiger partial charge in [-0.15, -0.1) is 0 Å². The van der Waals surface area contributed by atoms with Gasteiger partial charge in [-0.1, -0.05) is 26.0 Å². The number of amides is 2. The van der Waals surface area contributed by atoms with Crippen LogP contribution in [0.1, 0.15) is 49.0 Å². The highest BCUT2D eigenvalue weighted by Crippen LogP contribution is 2.12. The zero-order chi connectivity index (χ0) is 23.3. The molecule has 2 aromatic carbocycles. The highest BCUT2D eigenvalue weighted by atomic mass is 16.5. The average molecular weight is 440 g/mol. The maximum atomic E-state index is 12.0. The maximum absolute atomic E-state index is 12.0. The number of rotatable bonds is 11. The Hall–Kier alpha value is -3.68. The van der Waals surface area contributed by atoms with Crippen LogP contribution in [0.5, 0.6) is 0 Å². The van der Waals surface area contributed by atoms with Crippen molar-refractivity contribution in [3.05, 3.63) is 59.7 Å². The van der Waals surface area contributed by atoms with Crippen molar-refractivity contribution in [2.45, 2.75) is 39.5 Å². The Morgan fingerprint density at radius 3 is 1.94 bits per heavy atom. The molecular formula is C24H28N2O6. The minimum Gasteiger partial charge on any atom is -0.462 e. The fraction of sp³-hybridized carbons (Fsp3) is 0.333. The number of carbonyl (C=O) groups is 4. The zero-order valence-electron chi connectivity index (χ0n) is 18.3. The smallest absolute Gasteiger partial charge is 0.338 e. The van der Waals surface area contributed by atoms with Crippen LogP contribution < -0.4 is 10.6 Å². The van der Waals surface area contributed by atoms with Crippen LogP contribution in [0.2, 0.25) is 0 Å². The number of benzene rings is 2. The van der Waals surface area contributed by atoms with Gasteiger partial charge >= 0.3 is 11.9 Å². The largest absolute Gasteiger partial charge is 0.462 e. The molecule has 170 valence electrons. The molecule has 8 nitrogen and oxygen atoms in total. The molecule has 0 aliphatic heterocycles. The van der Waals surface area contributed by atoms with Crippen LogP contribution in [0, 0.1) is 0 Å². The molecule has 8 heteroatoms. The normalized spacial score (nSPS) is 10.2. The van der Waals surface area contributed by atoms with E-state index in [-0.39, 0.29) is 18.7 Å². The van der Waals surface area contributed by atoms with Gasteiger partial charge in [0.1, 0.15) is 0 Å². The monoisotopic (exact) mass is 440 g/mol. The second-order valence-corrected chi connectivity index (χ2v) is 7.02. The Morgan fingerprint density at radius 2 is 1.34 bits per heavy atom. The molecule has 0 saturated heterocycles. The van der Waals surface area contributed by atoms with Crippen LogP contribution >= 0.6 is 0 Å². The van der Waals surface area contributed by atoms with Crippen molar-refractivity contribution in [3.63, 3.8) is 0 Å². The van der Waals surface area contributed by atoms with Gasteiger partial charge in [-0.2, -0.15) is 0 Å². The van der Waals surface area contributed by atoms with Gasteiger partial charge in [-0.25, -0.2) is 4.79 Å². The number of ether oxygens (including phenoxy) is 2. The van der Waals surface area contributed by atoms with E-state index < -0.39 is 24.5 Å². The fourth-order valence-electron chi connectivity index (χ4n) is 2.65. The molecule has 0 aromatic heterocycles. The molecule has 0 saturated carbocycles. The van der Waals surface area contributed by atoms with E-state index in [9.17, 15) is 19.2 Å². The molecule has 32 heavy (non-hydrogen) atoms. The van der Waals surface area contributed by atoms with Crippen molar-refractivity contribution in [1.29, 1.82) is 0 Å². The van der Waals surface area contributed by atoms with E-state index in [0.29, 0.717) is 23.5 Å². The Morgan fingerprint density at radius 1 is 0.750 bits per heavy atom. The minimum absolute atomic E-state index is 0.0980. The van der Waals surface area contributed by atoms with Gasteiger partial charge in [-0.3, -0.25) is 14.4 Å². The molecule has 0 unspecified atom stereocenters. The molecular weight excluding hydrogens is 412 g/mol. The highest BCUT2D eigenvalue weighted by molar-refractivity contribution is 5.95. The number of aryl methyl sites for hydroxylation is 1. The summed E-state index contributed by atoms with van der Waals surface area (Å²) in [5.41, 5.74) is 2.65. The van der Waals surface area contributed by atoms with Crippen molar-refractivity contribution in [1.82, 2.24) is 0 Å². The SMILES string of the molecule is CCCOC(=O)c1ccc(NC(=O)CCC(=O)OCC(=O)Nc2ccc(CC)cc2)cc1. The van der Waals surface area contributed by atoms with Gasteiger partial charge < -0.3 is 20.1 Å². The van der Waals surface area contributed by atoms with Crippen LogP contribution in [0.3, 0.4) is 0 Å².